The van der Waals surface area contributed by atoms with E-state index >= 15 is 0 Å². The van der Waals surface area contributed by atoms with Crippen LogP contribution >= 0.6 is 0 Å². The Balaban J connectivity index is 2.18. The zero-order valence-corrected chi connectivity index (χ0v) is 11.2. The molecule has 7 nitrogen and oxygen atoms in total. The van der Waals surface area contributed by atoms with E-state index < -0.39 is 20.7 Å². The van der Waals surface area contributed by atoms with Gasteiger partial charge in [-0.1, -0.05) is 0 Å². The Labute approximate surface area is 105 Å². The highest BCUT2D eigenvalue weighted by Gasteiger charge is 2.60. The van der Waals surface area contributed by atoms with Crippen LogP contribution in [0.4, 0.5) is 5.82 Å². The van der Waals surface area contributed by atoms with Crippen LogP contribution in [0.15, 0.2) is 12.4 Å². The summed E-state index contributed by atoms with van der Waals surface area (Å²) in [5.74, 6) is 0.166. The highest BCUT2D eigenvalue weighted by atomic mass is 32.2. The molecule has 0 aromatic carbocycles. The van der Waals surface area contributed by atoms with Crippen molar-refractivity contribution >= 4 is 21.7 Å². The van der Waals surface area contributed by atoms with E-state index in [1.54, 1.807) is 7.05 Å². The number of carbonyl (C=O) groups is 1. The minimum Gasteiger partial charge on any atom is -0.372 e. The first-order valence-electron chi connectivity index (χ1n) is 5.36. The van der Waals surface area contributed by atoms with E-state index in [0.29, 0.717) is 11.5 Å². The van der Waals surface area contributed by atoms with Gasteiger partial charge in [-0.05, 0) is 13.8 Å². The molecule has 1 aliphatic heterocycles. The summed E-state index contributed by atoms with van der Waals surface area (Å²) in [6.45, 7) is 2.73. The first-order chi connectivity index (χ1) is 8.30. The second-order valence-electron chi connectivity index (χ2n) is 4.47. The van der Waals surface area contributed by atoms with Gasteiger partial charge in [-0.15, -0.1) is 0 Å². The van der Waals surface area contributed by atoms with Gasteiger partial charge in [0.1, 0.15) is 5.82 Å². The maximum Gasteiger partial charge on any atom is 0.259 e. The first kappa shape index (κ1) is 12.7. The zero-order chi connectivity index (χ0) is 13.6. The fourth-order valence-electron chi connectivity index (χ4n) is 1.63. The molecule has 2 rings (SSSR count). The molecule has 98 valence electrons. The van der Waals surface area contributed by atoms with E-state index in [1.165, 1.54) is 26.2 Å². The van der Waals surface area contributed by atoms with Crippen LogP contribution in [-0.4, -0.2) is 40.4 Å². The second kappa shape index (κ2) is 3.91. The number of sulfonamides is 1. The molecule has 0 atom stereocenters. The lowest BCUT2D eigenvalue weighted by Crippen LogP contribution is -2.66. The lowest BCUT2D eigenvalue weighted by Gasteiger charge is -2.42. The van der Waals surface area contributed by atoms with E-state index in [0.717, 1.165) is 4.31 Å². The molecule has 1 saturated heterocycles. The molecule has 1 aliphatic rings. The third-order valence-electron chi connectivity index (χ3n) is 2.94. The van der Waals surface area contributed by atoms with Crippen molar-refractivity contribution in [3.05, 3.63) is 18.1 Å². The van der Waals surface area contributed by atoms with Crippen LogP contribution in [0.5, 0.6) is 0 Å². The number of rotatable bonds is 3. The Morgan fingerprint density at radius 3 is 2.44 bits per heavy atom. The third kappa shape index (κ3) is 1.64. The Bertz CT molecular complexity index is 580. The van der Waals surface area contributed by atoms with Crippen LogP contribution in [0.3, 0.4) is 0 Å². The van der Waals surface area contributed by atoms with Crippen molar-refractivity contribution in [2.24, 2.45) is 0 Å². The van der Waals surface area contributed by atoms with Gasteiger partial charge in [0.15, 0.2) is 4.75 Å². The number of hydrogen-bond donors (Lipinski definition) is 1. The Hall–Kier alpha value is -1.70. The molecule has 1 aromatic heterocycles. The van der Waals surface area contributed by atoms with E-state index in [4.69, 9.17) is 0 Å². The van der Waals surface area contributed by atoms with Crippen LogP contribution in [0.2, 0.25) is 0 Å². The summed E-state index contributed by atoms with van der Waals surface area (Å²) < 4.78 is 23.2. The maximum absolute atomic E-state index is 11.9. The summed E-state index contributed by atoms with van der Waals surface area (Å²) in [4.78, 5) is 19.8. The number of aromatic nitrogens is 2. The Kier molecular flexibility index (Phi) is 2.77. The number of nitrogens with one attached hydrogen (secondary N) is 1. The number of anilines is 1. The molecule has 0 bridgehead atoms. The smallest absolute Gasteiger partial charge is 0.259 e. The zero-order valence-electron chi connectivity index (χ0n) is 10.3. The predicted octanol–water partition coefficient (Wildman–Crippen LogP) is -0.0311. The molecule has 0 aliphatic carbocycles. The average molecular weight is 270 g/mol. The molecule has 0 spiro atoms. The van der Waals surface area contributed by atoms with Gasteiger partial charge in [-0.25, -0.2) is 17.7 Å². The SMILES string of the molecule is CNc1cnc(CN2C(=O)C(C)(C)S2(=O)=O)cn1. The van der Waals surface area contributed by atoms with Gasteiger partial charge in [0, 0.05) is 7.05 Å². The highest BCUT2D eigenvalue weighted by molar-refractivity contribution is 7.94. The summed E-state index contributed by atoms with van der Waals surface area (Å²) in [6.07, 6.45) is 2.93. The molecule has 2 heterocycles. The van der Waals surface area contributed by atoms with Gasteiger partial charge in [0.25, 0.3) is 15.9 Å². The van der Waals surface area contributed by atoms with E-state index in [9.17, 15) is 13.2 Å². The van der Waals surface area contributed by atoms with Crippen LogP contribution in [0, 0.1) is 0 Å². The van der Waals surface area contributed by atoms with E-state index in [1.807, 2.05) is 0 Å². The first-order valence-corrected chi connectivity index (χ1v) is 6.80. The van der Waals surface area contributed by atoms with Crippen molar-refractivity contribution in [3.63, 3.8) is 0 Å². The van der Waals surface area contributed by atoms with Crippen molar-refractivity contribution < 1.29 is 13.2 Å². The van der Waals surface area contributed by atoms with E-state index in [-0.39, 0.29) is 6.54 Å². The summed E-state index contributed by atoms with van der Waals surface area (Å²) in [5, 5.41) is 2.80. The fourth-order valence-corrected chi connectivity index (χ4v) is 3.12. The third-order valence-corrected chi connectivity index (χ3v) is 5.28. The molecule has 1 amide bonds. The topological polar surface area (TPSA) is 92.3 Å². The molecule has 8 heteroatoms. The lowest BCUT2D eigenvalue weighted by molar-refractivity contribution is -0.132. The van der Waals surface area contributed by atoms with Crippen LogP contribution in [0.25, 0.3) is 0 Å². The minimum absolute atomic E-state index is 0.0679. The largest absolute Gasteiger partial charge is 0.372 e. The highest BCUT2D eigenvalue weighted by Crippen LogP contribution is 2.35. The normalized spacial score (nSPS) is 20.4. The standard InChI is InChI=1S/C10H14N4O3S/c1-10(2)9(15)14(18(10,16)17)6-7-4-13-8(11-3)5-12-7/h4-5H,6H2,1-3H3,(H,11,13). The van der Waals surface area contributed by atoms with Gasteiger partial charge in [-0.2, -0.15) is 0 Å². The van der Waals surface area contributed by atoms with Crippen molar-refractivity contribution in [2.75, 3.05) is 12.4 Å². The minimum atomic E-state index is -3.56. The predicted molar refractivity (Wildman–Crippen MR) is 65.1 cm³/mol. The van der Waals surface area contributed by atoms with Gasteiger partial charge in [0.2, 0.25) is 0 Å². The van der Waals surface area contributed by atoms with Gasteiger partial charge >= 0.3 is 0 Å². The lowest BCUT2D eigenvalue weighted by atomic mass is 10.2. The van der Waals surface area contributed by atoms with Crippen LogP contribution in [0.1, 0.15) is 19.5 Å². The maximum atomic E-state index is 11.9. The molecule has 1 aromatic rings. The fraction of sp³-hybridized carbons (Fsp3) is 0.500. The van der Waals surface area contributed by atoms with Gasteiger partial charge in [-0.3, -0.25) is 9.78 Å². The quantitative estimate of drug-likeness (QED) is 0.829. The molecule has 0 saturated carbocycles. The van der Waals surface area contributed by atoms with Crippen molar-refractivity contribution in [2.45, 2.75) is 25.1 Å². The molecule has 0 radical (unpaired) electrons. The number of hydrogen-bond acceptors (Lipinski definition) is 6. The molecule has 18 heavy (non-hydrogen) atoms. The molecule has 0 unspecified atom stereocenters. The average Bonchev–Trinajstić information content (AvgIpc) is 2.35. The monoisotopic (exact) mass is 270 g/mol. The molecular weight excluding hydrogens is 256 g/mol. The number of carbonyl (C=O) groups excluding carboxylic acids is 1. The second-order valence-corrected chi connectivity index (χ2v) is 6.88. The van der Waals surface area contributed by atoms with Crippen molar-refractivity contribution in [1.29, 1.82) is 0 Å². The van der Waals surface area contributed by atoms with Crippen LogP contribution in [-0.2, 0) is 21.4 Å². The molecule has 1 fully saturated rings. The summed E-state index contributed by atoms with van der Waals surface area (Å²) in [5.41, 5.74) is 0.432. The van der Waals surface area contributed by atoms with Gasteiger partial charge in [0.05, 0.1) is 24.6 Å². The Morgan fingerprint density at radius 1 is 1.33 bits per heavy atom. The van der Waals surface area contributed by atoms with Gasteiger partial charge < -0.3 is 5.32 Å². The molecular formula is C10H14N4O3S. The summed E-state index contributed by atoms with van der Waals surface area (Å²) in [7, 11) is -1.86. The molecule has 1 N–H and O–H groups in total. The van der Waals surface area contributed by atoms with Crippen molar-refractivity contribution in [1.82, 2.24) is 14.3 Å². The van der Waals surface area contributed by atoms with Crippen LogP contribution < -0.4 is 5.32 Å². The number of nitrogens with zero attached hydrogens (tertiary/aromatic N) is 3. The summed E-state index contributed by atoms with van der Waals surface area (Å²) >= 11 is 0. The Morgan fingerprint density at radius 2 is 2.00 bits per heavy atom. The van der Waals surface area contributed by atoms with Crippen molar-refractivity contribution in [3.8, 4) is 0 Å². The van der Waals surface area contributed by atoms with E-state index in [2.05, 4.69) is 15.3 Å². The summed E-state index contributed by atoms with van der Waals surface area (Å²) in [6, 6.07) is 0. The number of amides is 1.